The van der Waals surface area contributed by atoms with Gasteiger partial charge in [-0.05, 0) is 22.1 Å². The highest BCUT2D eigenvalue weighted by molar-refractivity contribution is 7.98. The molecule has 2 aromatic rings. The highest BCUT2D eigenvalue weighted by atomic mass is 32.2. The lowest BCUT2D eigenvalue weighted by atomic mass is 10.2. The predicted octanol–water partition coefficient (Wildman–Crippen LogP) is 1.45. The van der Waals surface area contributed by atoms with E-state index in [-0.39, 0.29) is 5.69 Å². The van der Waals surface area contributed by atoms with E-state index in [9.17, 15) is 10.1 Å². The Labute approximate surface area is 113 Å². The molecule has 0 aliphatic carbocycles. The molecule has 9 heteroatoms. The van der Waals surface area contributed by atoms with E-state index in [1.54, 1.807) is 30.9 Å². The summed E-state index contributed by atoms with van der Waals surface area (Å²) >= 11 is 1.42. The number of nitro benzene ring substituents is 1. The molecular weight excluding hydrogens is 268 g/mol. The van der Waals surface area contributed by atoms with Gasteiger partial charge in [-0.2, -0.15) is 0 Å². The maximum absolute atomic E-state index is 10.8. The molecule has 1 aromatic heterocycles. The maximum atomic E-state index is 10.8. The van der Waals surface area contributed by atoms with Crippen LogP contribution in [-0.2, 0) is 12.8 Å². The Balaban J connectivity index is 2.20. The van der Waals surface area contributed by atoms with Gasteiger partial charge in [-0.15, -0.1) is 5.10 Å². The van der Waals surface area contributed by atoms with Gasteiger partial charge in [0, 0.05) is 37.7 Å². The van der Waals surface area contributed by atoms with Crippen molar-refractivity contribution in [1.82, 2.24) is 20.2 Å². The average Bonchev–Trinajstić information content (AvgIpc) is 2.81. The van der Waals surface area contributed by atoms with Crippen LogP contribution in [0, 0.1) is 10.1 Å². The molecule has 0 radical (unpaired) electrons. The van der Waals surface area contributed by atoms with Crippen LogP contribution in [0.3, 0.4) is 0 Å². The number of aromatic nitrogens is 4. The highest BCUT2D eigenvalue weighted by Crippen LogP contribution is 2.27. The monoisotopic (exact) mass is 280 g/mol. The molecule has 0 spiro atoms. The fourth-order valence-corrected chi connectivity index (χ4v) is 2.38. The largest absolute Gasteiger partial charge is 0.388 e. The van der Waals surface area contributed by atoms with Crippen molar-refractivity contribution in [2.75, 3.05) is 12.4 Å². The van der Waals surface area contributed by atoms with Gasteiger partial charge in [-0.25, -0.2) is 4.68 Å². The Morgan fingerprint density at radius 1 is 1.53 bits per heavy atom. The zero-order chi connectivity index (χ0) is 13.8. The summed E-state index contributed by atoms with van der Waals surface area (Å²) in [7, 11) is 3.52. The minimum absolute atomic E-state index is 0.0747. The van der Waals surface area contributed by atoms with Crippen LogP contribution in [0.2, 0.25) is 0 Å². The normalized spacial score (nSPS) is 10.4. The molecule has 0 amide bonds. The highest BCUT2D eigenvalue weighted by Gasteiger charge is 2.12. The minimum atomic E-state index is -0.405. The van der Waals surface area contributed by atoms with Crippen molar-refractivity contribution >= 4 is 23.1 Å². The number of anilines is 1. The van der Waals surface area contributed by atoms with Gasteiger partial charge >= 0.3 is 0 Å². The second-order valence-corrected chi connectivity index (χ2v) is 4.66. The second-order valence-electron chi connectivity index (χ2n) is 3.72. The number of nitro groups is 1. The van der Waals surface area contributed by atoms with E-state index < -0.39 is 4.92 Å². The van der Waals surface area contributed by atoms with Crippen molar-refractivity contribution in [2.45, 2.75) is 10.9 Å². The van der Waals surface area contributed by atoms with E-state index in [4.69, 9.17) is 0 Å². The Morgan fingerprint density at radius 3 is 2.89 bits per heavy atom. The summed E-state index contributed by atoms with van der Waals surface area (Å²) in [6, 6.07) is 4.73. The van der Waals surface area contributed by atoms with Crippen LogP contribution < -0.4 is 5.32 Å². The number of thioether (sulfide) groups is 1. The number of aryl methyl sites for hydroxylation is 1. The molecular formula is C10H12N6O2S. The first-order valence-corrected chi connectivity index (χ1v) is 6.40. The van der Waals surface area contributed by atoms with Gasteiger partial charge in [0.15, 0.2) is 0 Å². The van der Waals surface area contributed by atoms with Gasteiger partial charge in [0.1, 0.15) is 0 Å². The fraction of sp³-hybridized carbons (Fsp3) is 0.300. The van der Waals surface area contributed by atoms with E-state index in [1.165, 1.54) is 17.8 Å². The predicted molar refractivity (Wildman–Crippen MR) is 71.0 cm³/mol. The third kappa shape index (κ3) is 2.99. The van der Waals surface area contributed by atoms with E-state index in [0.29, 0.717) is 10.9 Å². The van der Waals surface area contributed by atoms with Gasteiger partial charge < -0.3 is 5.32 Å². The zero-order valence-corrected chi connectivity index (χ0v) is 11.2. The van der Waals surface area contributed by atoms with Crippen molar-refractivity contribution in [2.24, 2.45) is 7.05 Å². The van der Waals surface area contributed by atoms with Gasteiger partial charge in [-0.3, -0.25) is 10.1 Å². The van der Waals surface area contributed by atoms with Crippen molar-refractivity contribution in [3.63, 3.8) is 0 Å². The molecule has 0 atom stereocenters. The van der Waals surface area contributed by atoms with Crippen LogP contribution in [-0.4, -0.2) is 32.2 Å². The smallest absolute Gasteiger partial charge is 0.269 e. The summed E-state index contributed by atoms with van der Waals surface area (Å²) in [5.41, 5.74) is 1.77. The number of benzene rings is 1. The Hall–Kier alpha value is -2.16. The molecule has 0 aliphatic rings. The van der Waals surface area contributed by atoms with Crippen molar-refractivity contribution in [3.8, 4) is 0 Å². The molecule has 0 saturated heterocycles. The van der Waals surface area contributed by atoms with E-state index in [2.05, 4.69) is 20.8 Å². The fourth-order valence-electron chi connectivity index (χ4n) is 1.54. The van der Waals surface area contributed by atoms with Gasteiger partial charge in [0.2, 0.25) is 5.16 Å². The molecule has 1 heterocycles. The SMILES string of the molecule is CNc1ccc([N+](=O)[O-])cc1CSc1nnnn1C. The average molecular weight is 280 g/mol. The number of non-ortho nitro benzene ring substituents is 1. The van der Waals surface area contributed by atoms with Crippen LogP contribution in [0.25, 0.3) is 0 Å². The molecule has 0 unspecified atom stereocenters. The molecule has 1 aromatic carbocycles. The minimum Gasteiger partial charge on any atom is -0.388 e. The summed E-state index contributed by atoms with van der Waals surface area (Å²) in [5.74, 6) is 0.548. The molecule has 0 aliphatic heterocycles. The number of hydrogen-bond acceptors (Lipinski definition) is 7. The Bertz CT molecular complexity index is 599. The quantitative estimate of drug-likeness (QED) is 0.502. The van der Waals surface area contributed by atoms with Gasteiger partial charge in [0.25, 0.3) is 5.69 Å². The third-order valence-electron chi connectivity index (χ3n) is 2.51. The van der Waals surface area contributed by atoms with Gasteiger partial charge in [-0.1, -0.05) is 11.8 Å². The van der Waals surface area contributed by atoms with E-state index >= 15 is 0 Å². The van der Waals surface area contributed by atoms with Crippen molar-refractivity contribution in [3.05, 3.63) is 33.9 Å². The van der Waals surface area contributed by atoms with Crippen LogP contribution in [0.4, 0.5) is 11.4 Å². The van der Waals surface area contributed by atoms with Crippen LogP contribution >= 0.6 is 11.8 Å². The Morgan fingerprint density at radius 2 is 2.32 bits per heavy atom. The lowest BCUT2D eigenvalue weighted by Gasteiger charge is -2.08. The first kappa shape index (κ1) is 13.3. The standard InChI is InChI=1S/C10H12N6O2S/c1-11-9-4-3-8(16(17)18)5-7(9)6-19-10-12-13-14-15(10)2/h3-5,11H,6H2,1-2H3. The zero-order valence-electron chi connectivity index (χ0n) is 10.4. The topological polar surface area (TPSA) is 98.8 Å². The van der Waals surface area contributed by atoms with E-state index in [1.807, 2.05) is 0 Å². The summed E-state index contributed by atoms with van der Waals surface area (Å²) in [6.45, 7) is 0. The number of nitrogens with one attached hydrogen (secondary N) is 1. The number of nitrogens with zero attached hydrogens (tertiary/aromatic N) is 5. The molecule has 8 nitrogen and oxygen atoms in total. The summed E-state index contributed by atoms with van der Waals surface area (Å²) in [5, 5.41) is 25.6. The first-order valence-electron chi connectivity index (χ1n) is 5.42. The number of tetrazole rings is 1. The molecule has 1 N–H and O–H groups in total. The lowest BCUT2D eigenvalue weighted by Crippen LogP contribution is -1.98. The second kappa shape index (κ2) is 5.65. The maximum Gasteiger partial charge on any atom is 0.269 e. The lowest BCUT2D eigenvalue weighted by molar-refractivity contribution is -0.384. The number of rotatable bonds is 5. The first-order chi connectivity index (χ1) is 9.11. The Kier molecular flexibility index (Phi) is 3.95. The summed E-state index contributed by atoms with van der Waals surface area (Å²) < 4.78 is 1.56. The van der Waals surface area contributed by atoms with Crippen LogP contribution in [0.1, 0.15) is 5.56 Å². The summed E-state index contributed by atoms with van der Waals surface area (Å²) in [4.78, 5) is 10.4. The molecule has 100 valence electrons. The summed E-state index contributed by atoms with van der Waals surface area (Å²) in [6.07, 6.45) is 0. The van der Waals surface area contributed by atoms with E-state index in [0.717, 1.165) is 11.3 Å². The molecule has 0 fully saturated rings. The van der Waals surface area contributed by atoms with Crippen LogP contribution in [0.15, 0.2) is 23.4 Å². The molecule has 0 saturated carbocycles. The number of hydrogen-bond donors (Lipinski definition) is 1. The third-order valence-corrected chi connectivity index (χ3v) is 3.57. The van der Waals surface area contributed by atoms with Crippen molar-refractivity contribution < 1.29 is 4.92 Å². The van der Waals surface area contributed by atoms with Crippen LogP contribution in [0.5, 0.6) is 0 Å². The molecule has 2 rings (SSSR count). The molecule has 0 bridgehead atoms. The molecule has 19 heavy (non-hydrogen) atoms. The van der Waals surface area contributed by atoms with Gasteiger partial charge in [0.05, 0.1) is 4.92 Å². The van der Waals surface area contributed by atoms with Crippen molar-refractivity contribution in [1.29, 1.82) is 0 Å².